The molecule has 9 heteroatoms. The maximum atomic E-state index is 14.2. The van der Waals surface area contributed by atoms with Gasteiger partial charge in [0.15, 0.2) is 19.7 Å². The Balaban J connectivity index is 2.29. The molecular weight excluding hydrogens is 391 g/mol. The Labute approximate surface area is 159 Å². The predicted molar refractivity (Wildman–Crippen MR) is 104 cm³/mol. The molecule has 0 spiro atoms. The zero-order valence-electron chi connectivity index (χ0n) is 15.7. The number of anilines is 1. The first-order valence-corrected chi connectivity index (χ1v) is 11.9. The predicted octanol–water partition coefficient (Wildman–Crippen LogP) is 2.31. The van der Waals surface area contributed by atoms with Crippen molar-refractivity contribution in [2.75, 3.05) is 31.9 Å². The van der Waals surface area contributed by atoms with Crippen LogP contribution in [0.1, 0.15) is 11.1 Å². The van der Waals surface area contributed by atoms with Crippen molar-refractivity contribution in [1.29, 1.82) is 0 Å². The quantitative estimate of drug-likeness (QED) is 0.749. The van der Waals surface area contributed by atoms with Gasteiger partial charge in [0.25, 0.3) is 0 Å². The molecule has 0 heterocycles. The Bertz CT molecular complexity index is 1050. The van der Waals surface area contributed by atoms with E-state index in [-0.39, 0.29) is 27.8 Å². The lowest BCUT2D eigenvalue weighted by Gasteiger charge is -2.14. The van der Waals surface area contributed by atoms with Crippen LogP contribution in [-0.4, -0.2) is 48.3 Å². The van der Waals surface area contributed by atoms with Crippen LogP contribution in [-0.2, 0) is 32.8 Å². The van der Waals surface area contributed by atoms with Crippen LogP contribution in [0.3, 0.4) is 0 Å². The molecule has 2 aromatic rings. The molecule has 0 radical (unpaired) electrons. The molecule has 0 aromatic heterocycles. The van der Waals surface area contributed by atoms with E-state index in [2.05, 4.69) is 5.32 Å². The first-order valence-electron chi connectivity index (χ1n) is 8.08. The number of benzene rings is 2. The second-order valence-corrected chi connectivity index (χ2v) is 10.7. The highest BCUT2D eigenvalue weighted by Crippen LogP contribution is 2.26. The summed E-state index contributed by atoms with van der Waals surface area (Å²) in [5.74, 6) is -0.334. The molecule has 0 fully saturated rings. The summed E-state index contributed by atoms with van der Waals surface area (Å²) >= 11 is 0. The Morgan fingerprint density at radius 1 is 0.963 bits per heavy atom. The molecular formula is C18H23FN2O4S2. The molecule has 2 aromatic carbocycles. The molecule has 0 aliphatic heterocycles. The van der Waals surface area contributed by atoms with Gasteiger partial charge >= 0.3 is 0 Å². The number of halogens is 1. The summed E-state index contributed by atoms with van der Waals surface area (Å²) in [5.41, 5.74) is 1.47. The van der Waals surface area contributed by atoms with E-state index in [0.717, 1.165) is 18.6 Å². The fourth-order valence-corrected chi connectivity index (χ4v) is 4.16. The van der Waals surface area contributed by atoms with Gasteiger partial charge in [-0.1, -0.05) is 12.1 Å². The third-order valence-corrected chi connectivity index (χ3v) is 6.11. The van der Waals surface area contributed by atoms with E-state index >= 15 is 0 Å². The van der Waals surface area contributed by atoms with Crippen LogP contribution in [0.4, 0.5) is 10.1 Å². The van der Waals surface area contributed by atoms with Crippen LogP contribution in [0.2, 0.25) is 0 Å². The van der Waals surface area contributed by atoms with Gasteiger partial charge in [-0.2, -0.15) is 0 Å². The van der Waals surface area contributed by atoms with Crippen molar-refractivity contribution in [3.63, 3.8) is 0 Å². The highest BCUT2D eigenvalue weighted by Gasteiger charge is 2.18. The molecule has 27 heavy (non-hydrogen) atoms. The number of rotatable bonds is 7. The van der Waals surface area contributed by atoms with Crippen molar-refractivity contribution < 1.29 is 21.2 Å². The van der Waals surface area contributed by atoms with E-state index < -0.39 is 19.7 Å². The van der Waals surface area contributed by atoms with Gasteiger partial charge in [0.1, 0.15) is 5.82 Å². The normalized spacial score (nSPS) is 12.4. The first kappa shape index (κ1) is 21.3. The van der Waals surface area contributed by atoms with Crippen molar-refractivity contribution in [3.05, 3.63) is 53.3 Å². The lowest BCUT2D eigenvalue weighted by molar-refractivity contribution is 0.392. The van der Waals surface area contributed by atoms with Gasteiger partial charge in [-0.25, -0.2) is 21.2 Å². The van der Waals surface area contributed by atoms with Gasteiger partial charge in [0.2, 0.25) is 0 Å². The standard InChI is InChI=1S/C18H23FN2O4S2/c1-21(2)12-14-6-5-13(9-16(14)19)11-20-17-8-7-15(26(3,22)23)10-18(17)27(4,24)25/h5-10,20H,11-12H2,1-4H3. The van der Waals surface area contributed by atoms with Gasteiger partial charge in [-0.3, -0.25) is 0 Å². The molecule has 0 atom stereocenters. The van der Waals surface area contributed by atoms with Crippen LogP contribution in [0.15, 0.2) is 46.2 Å². The van der Waals surface area contributed by atoms with Crippen LogP contribution >= 0.6 is 0 Å². The molecule has 148 valence electrons. The molecule has 0 unspecified atom stereocenters. The number of hydrogen-bond donors (Lipinski definition) is 1. The average Bonchev–Trinajstić information content (AvgIpc) is 2.53. The van der Waals surface area contributed by atoms with Crippen molar-refractivity contribution in [2.24, 2.45) is 0 Å². The minimum atomic E-state index is -3.66. The fourth-order valence-electron chi connectivity index (χ4n) is 2.55. The Morgan fingerprint density at radius 2 is 1.63 bits per heavy atom. The average molecular weight is 415 g/mol. The second kappa shape index (κ2) is 7.95. The van der Waals surface area contributed by atoms with Gasteiger partial charge in [0, 0.05) is 31.2 Å². The molecule has 1 N–H and O–H groups in total. The summed E-state index contributed by atoms with van der Waals surface area (Å²) in [6.45, 7) is 0.671. The number of nitrogens with zero attached hydrogens (tertiary/aromatic N) is 1. The molecule has 0 saturated carbocycles. The summed E-state index contributed by atoms with van der Waals surface area (Å²) in [4.78, 5) is 1.67. The van der Waals surface area contributed by atoms with Gasteiger partial charge < -0.3 is 10.2 Å². The largest absolute Gasteiger partial charge is 0.380 e. The summed E-state index contributed by atoms with van der Waals surface area (Å²) in [7, 11) is -3.49. The number of hydrogen-bond acceptors (Lipinski definition) is 6. The van der Waals surface area contributed by atoms with E-state index in [1.54, 1.807) is 12.1 Å². The van der Waals surface area contributed by atoms with E-state index in [1.807, 2.05) is 19.0 Å². The topological polar surface area (TPSA) is 83.6 Å². The van der Waals surface area contributed by atoms with E-state index in [9.17, 15) is 21.2 Å². The molecule has 0 amide bonds. The zero-order valence-corrected chi connectivity index (χ0v) is 17.3. The van der Waals surface area contributed by atoms with Gasteiger partial charge in [-0.05, 0) is 43.9 Å². The van der Waals surface area contributed by atoms with Crippen LogP contribution in [0.25, 0.3) is 0 Å². The third kappa shape index (κ3) is 5.75. The van der Waals surface area contributed by atoms with Crippen molar-refractivity contribution >= 4 is 25.4 Å². The van der Waals surface area contributed by atoms with Gasteiger partial charge in [-0.15, -0.1) is 0 Å². The number of sulfone groups is 2. The molecule has 6 nitrogen and oxygen atoms in total. The van der Waals surface area contributed by atoms with Crippen LogP contribution in [0, 0.1) is 5.82 Å². The van der Waals surface area contributed by atoms with Crippen LogP contribution < -0.4 is 5.32 Å². The molecule has 0 bridgehead atoms. The molecule has 2 rings (SSSR count). The summed E-state index contributed by atoms with van der Waals surface area (Å²) in [5, 5.41) is 2.95. The van der Waals surface area contributed by atoms with Gasteiger partial charge in [0.05, 0.1) is 15.5 Å². The molecule has 0 aliphatic rings. The number of nitrogens with one attached hydrogen (secondary N) is 1. The molecule has 0 saturated heterocycles. The van der Waals surface area contributed by atoms with E-state index in [4.69, 9.17) is 0 Å². The Morgan fingerprint density at radius 3 is 2.15 bits per heavy atom. The Kier molecular flexibility index (Phi) is 6.28. The molecule has 0 aliphatic carbocycles. The summed E-state index contributed by atoms with van der Waals surface area (Å²) in [6.07, 6.45) is 2.02. The summed E-state index contributed by atoms with van der Waals surface area (Å²) in [6, 6.07) is 8.73. The zero-order chi connectivity index (χ0) is 20.4. The monoisotopic (exact) mass is 414 g/mol. The minimum absolute atomic E-state index is 0.0763. The maximum absolute atomic E-state index is 14.2. The Hall–Kier alpha value is -1.97. The van der Waals surface area contributed by atoms with Crippen molar-refractivity contribution in [2.45, 2.75) is 22.9 Å². The van der Waals surface area contributed by atoms with Crippen LogP contribution in [0.5, 0.6) is 0 Å². The maximum Gasteiger partial charge on any atom is 0.177 e. The smallest absolute Gasteiger partial charge is 0.177 e. The van der Waals surface area contributed by atoms with Crippen molar-refractivity contribution in [1.82, 2.24) is 4.90 Å². The fraction of sp³-hybridized carbons (Fsp3) is 0.333. The SMILES string of the molecule is CN(C)Cc1ccc(CNc2ccc(S(C)(=O)=O)cc2S(C)(=O)=O)cc1F. The van der Waals surface area contributed by atoms with E-state index in [1.165, 1.54) is 18.2 Å². The lowest BCUT2D eigenvalue weighted by atomic mass is 10.1. The second-order valence-electron chi connectivity index (χ2n) is 6.72. The van der Waals surface area contributed by atoms with E-state index in [0.29, 0.717) is 17.7 Å². The minimum Gasteiger partial charge on any atom is -0.380 e. The highest BCUT2D eigenvalue weighted by molar-refractivity contribution is 7.91. The highest BCUT2D eigenvalue weighted by atomic mass is 32.2. The summed E-state index contributed by atoms with van der Waals surface area (Å²) < 4.78 is 61.6. The first-order chi connectivity index (χ1) is 12.4. The van der Waals surface area contributed by atoms with Crippen molar-refractivity contribution in [3.8, 4) is 0 Å². The lowest BCUT2D eigenvalue weighted by Crippen LogP contribution is -2.12. The third-order valence-electron chi connectivity index (χ3n) is 3.87.